The summed E-state index contributed by atoms with van der Waals surface area (Å²) in [6.07, 6.45) is 0. The Morgan fingerprint density at radius 2 is 1.68 bits per heavy atom. The van der Waals surface area contributed by atoms with E-state index < -0.39 is 9.84 Å². The number of sulfone groups is 1. The zero-order valence-corrected chi connectivity index (χ0v) is 13.8. The number of hydrogen-bond donors (Lipinski definition) is 1. The minimum Gasteiger partial charge on any atom is -0.315 e. The summed E-state index contributed by atoms with van der Waals surface area (Å²) in [6, 6.07) is 4.51. The quantitative estimate of drug-likeness (QED) is 0.923. The van der Waals surface area contributed by atoms with Crippen LogP contribution in [0.2, 0.25) is 10.0 Å². The van der Waals surface area contributed by atoms with Crippen LogP contribution in [0.25, 0.3) is 0 Å². The van der Waals surface area contributed by atoms with Gasteiger partial charge in [-0.1, -0.05) is 50.0 Å². The molecule has 1 aromatic carbocycles. The number of halogens is 2. The summed E-state index contributed by atoms with van der Waals surface area (Å²) < 4.78 is 25.0. The van der Waals surface area contributed by atoms with Gasteiger partial charge < -0.3 is 5.32 Å². The van der Waals surface area contributed by atoms with Gasteiger partial charge in [-0.3, -0.25) is 0 Å². The van der Waals surface area contributed by atoms with Gasteiger partial charge in [0, 0.05) is 6.04 Å². The largest absolute Gasteiger partial charge is 0.315 e. The van der Waals surface area contributed by atoms with Crippen molar-refractivity contribution in [3.05, 3.63) is 28.2 Å². The van der Waals surface area contributed by atoms with Crippen LogP contribution in [0, 0.1) is 5.41 Å². The molecule has 3 nitrogen and oxygen atoms in total. The number of rotatable bonds is 4. The standard InChI is InChI=1S/C13H19Cl2NO2S/c1-13(2,3)11(16-4)8-19(17,18)12-9(14)6-5-7-10(12)15/h5-7,11,16H,8H2,1-4H3. The highest BCUT2D eigenvalue weighted by Crippen LogP contribution is 2.31. The molecule has 0 aliphatic carbocycles. The summed E-state index contributed by atoms with van der Waals surface area (Å²) in [5, 5.41) is 3.37. The summed E-state index contributed by atoms with van der Waals surface area (Å²) in [5.74, 6) is -0.0452. The highest BCUT2D eigenvalue weighted by Gasteiger charge is 2.31. The lowest BCUT2D eigenvalue weighted by molar-refractivity contribution is 0.302. The lowest BCUT2D eigenvalue weighted by Gasteiger charge is -2.30. The average Bonchev–Trinajstić information content (AvgIpc) is 2.23. The molecule has 0 aromatic heterocycles. The predicted molar refractivity (Wildman–Crippen MR) is 80.8 cm³/mol. The minimum atomic E-state index is -3.54. The molecule has 0 heterocycles. The molecule has 1 N–H and O–H groups in total. The third kappa shape index (κ3) is 4.09. The SMILES string of the molecule is CNC(CS(=O)(=O)c1c(Cl)cccc1Cl)C(C)(C)C. The minimum absolute atomic E-state index is 0.0165. The van der Waals surface area contributed by atoms with Crippen LogP contribution in [-0.4, -0.2) is 27.3 Å². The van der Waals surface area contributed by atoms with E-state index in [9.17, 15) is 8.42 Å². The van der Waals surface area contributed by atoms with Crippen LogP contribution in [0.5, 0.6) is 0 Å². The lowest BCUT2D eigenvalue weighted by atomic mass is 9.88. The van der Waals surface area contributed by atoms with Gasteiger partial charge in [-0.15, -0.1) is 0 Å². The molecule has 0 spiro atoms. The van der Waals surface area contributed by atoms with E-state index in [0.29, 0.717) is 0 Å². The predicted octanol–water partition coefficient (Wildman–Crippen LogP) is 3.40. The van der Waals surface area contributed by atoms with Gasteiger partial charge >= 0.3 is 0 Å². The van der Waals surface area contributed by atoms with Gasteiger partial charge in [0.2, 0.25) is 0 Å². The average molecular weight is 324 g/mol. The summed E-state index contributed by atoms with van der Waals surface area (Å²) in [7, 11) is -1.79. The fraction of sp³-hybridized carbons (Fsp3) is 0.538. The molecule has 0 fully saturated rings. The molecule has 0 amide bonds. The molecular formula is C13H19Cl2NO2S. The summed E-state index contributed by atoms with van der Waals surface area (Å²) >= 11 is 11.9. The van der Waals surface area contributed by atoms with Gasteiger partial charge in [-0.2, -0.15) is 0 Å². The van der Waals surface area contributed by atoms with E-state index in [1.165, 1.54) is 12.1 Å². The molecule has 0 aliphatic heterocycles. The van der Waals surface area contributed by atoms with Gasteiger partial charge in [0.1, 0.15) is 4.90 Å². The molecule has 0 radical (unpaired) electrons. The molecule has 0 aliphatic rings. The lowest BCUT2D eigenvalue weighted by Crippen LogP contribution is -2.43. The second-order valence-electron chi connectivity index (χ2n) is 5.54. The Kier molecular flexibility index (Phi) is 5.29. The van der Waals surface area contributed by atoms with Gasteiger partial charge in [0.05, 0.1) is 15.8 Å². The zero-order valence-electron chi connectivity index (χ0n) is 11.5. The van der Waals surface area contributed by atoms with Crippen LogP contribution in [0.1, 0.15) is 20.8 Å². The second kappa shape index (κ2) is 6.00. The fourth-order valence-electron chi connectivity index (χ4n) is 1.85. The molecule has 1 rings (SSSR count). The molecule has 0 bridgehead atoms. The maximum atomic E-state index is 12.5. The Labute approximate surface area is 125 Å². The van der Waals surface area contributed by atoms with E-state index >= 15 is 0 Å². The molecule has 0 saturated heterocycles. The van der Waals surface area contributed by atoms with Crippen molar-refractivity contribution in [2.45, 2.75) is 31.7 Å². The Bertz CT molecular complexity index is 530. The van der Waals surface area contributed by atoms with E-state index in [-0.39, 0.29) is 32.2 Å². The molecule has 0 saturated carbocycles. The van der Waals surface area contributed by atoms with Crippen molar-refractivity contribution in [1.29, 1.82) is 0 Å². The first-order chi connectivity index (χ1) is 8.59. The van der Waals surface area contributed by atoms with Gasteiger partial charge in [0.25, 0.3) is 0 Å². The van der Waals surface area contributed by atoms with Crippen LogP contribution in [0.4, 0.5) is 0 Å². The first kappa shape index (κ1) is 16.8. The van der Waals surface area contributed by atoms with Crippen molar-refractivity contribution in [2.24, 2.45) is 5.41 Å². The van der Waals surface area contributed by atoms with Crippen molar-refractivity contribution in [3.63, 3.8) is 0 Å². The van der Waals surface area contributed by atoms with E-state index in [1.54, 1.807) is 13.1 Å². The zero-order chi connectivity index (χ0) is 14.8. The van der Waals surface area contributed by atoms with Crippen LogP contribution < -0.4 is 5.32 Å². The second-order valence-corrected chi connectivity index (χ2v) is 8.32. The topological polar surface area (TPSA) is 46.2 Å². The number of hydrogen-bond acceptors (Lipinski definition) is 3. The first-order valence-electron chi connectivity index (χ1n) is 5.93. The third-order valence-electron chi connectivity index (χ3n) is 3.01. The van der Waals surface area contributed by atoms with Crippen molar-refractivity contribution in [3.8, 4) is 0 Å². The third-order valence-corrected chi connectivity index (χ3v) is 5.70. The number of benzene rings is 1. The molecule has 1 atom stereocenters. The Morgan fingerprint density at radius 1 is 1.21 bits per heavy atom. The highest BCUT2D eigenvalue weighted by atomic mass is 35.5. The highest BCUT2D eigenvalue weighted by molar-refractivity contribution is 7.91. The van der Waals surface area contributed by atoms with Crippen molar-refractivity contribution < 1.29 is 8.42 Å². The summed E-state index contributed by atoms with van der Waals surface area (Å²) in [4.78, 5) is 0.0165. The van der Waals surface area contributed by atoms with E-state index in [0.717, 1.165) is 0 Å². The molecule has 1 aromatic rings. The van der Waals surface area contributed by atoms with Crippen LogP contribution in [0.15, 0.2) is 23.1 Å². The summed E-state index contributed by atoms with van der Waals surface area (Å²) in [5.41, 5.74) is -0.185. The molecule has 19 heavy (non-hydrogen) atoms. The van der Waals surface area contributed by atoms with E-state index in [4.69, 9.17) is 23.2 Å². The Hall–Kier alpha value is -0.290. The van der Waals surface area contributed by atoms with Crippen LogP contribution >= 0.6 is 23.2 Å². The van der Waals surface area contributed by atoms with E-state index in [2.05, 4.69) is 5.32 Å². The van der Waals surface area contributed by atoms with Crippen molar-refractivity contribution in [2.75, 3.05) is 12.8 Å². The molecular weight excluding hydrogens is 305 g/mol. The van der Waals surface area contributed by atoms with Gasteiger partial charge in [-0.25, -0.2) is 8.42 Å². The van der Waals surface area contributed by atoms with Crippen LogP contribution in [0.3, 0.4) is 0 Å². The molecule has 6 heteroatoms. The van der Waals surface area contributed by atoms with Gasteiger partial charge in [-0.05, 0) is 24.6 Å². The molecule has 108 valence electrons. The first-order valence-corrected chi connectivity index (χ1v) is 8.34. The summed E-state index contributed by atoms with van der Waals surface area (Å²) in [6.45, 7) is 5.95. The maximum absolute atomic E-state index is 12.5. The monoisotopic (exact) mass is 323 g/mol. The van der Waals surface area contributed by atoms with Crippen molar-refractivity contribution in [1.82, 2.24) is 5.32 Å². The Morgan fingerprint density at radius 3 is 2.05 bits per heavy atom. The van der Waals surface area contributed by atoms with Crippen LogP contribution in [-0.2, 0) is 9.84 Å². The smallest absolute Gasteiger partial charge is 0.182 e. The maximum Gasteiger partial charge on any atom is 0.182 e. The van der Waals surface area contributed by atoms with Gasteiger partial charge in [0.15, 0.2) is 9.84 Å². The Balaban J connectivity index is 3.19. The number of nitrogens with one attached hydrogen (secondary N) is 1. The normalized spacial score (nSPS) is 14.4. The fourth-order valence-corrected chi connectivity index (χ4v) is 4.95. The molecule has 1 unspecified atom stereocenters. The van der Waals surface area contributed by atoms with E-state index in [1.807, 2.05) is 20.8 Å². The van der Waals surface area contributed by atoms with Crippen molar-refractivity contribution >= 4 is 33.0 Å².